The minimum atomic E-state index is -1.47. The molecule has 0 saturated carbocycles. The summed E-state index contributed by atoms with van der Waals surface area (Å²) in [6.45, 7) is 0.435. The predicted molar refractivity (Wildman–Crippen MR) is 53.5 cm³/mol. The summed E-state index contributed by atoms with van der Waals surface area (Å²) in [5.74, 6) is 0.595. The van der Waals surface area contributed by atoms with E-state index in [-0.39, 0.29) is 0 Å². The van der Waals surface area contributed by atoms with E-state index in [2.05, 4.69) is 0 Å². The lowest BCUT2D eigenvalue weighted by Gasteiger charge is -2.09. The SMILES string of the molecule is COCc1ccc(B(O)O)cc1OC. The molecule has 0 heterocycles. The third-order valence-corrected chi connectivity index (χ3v) is 1.91. The fraction of sp³-hybridized carbons (Fsp3) is 0.333. The molecule has 14 heavy (non-hydrogen) atoms. The Bertz CT molecular complexity index is 301. The topological polar surface area (TPSA) is 58.9 Å². The van der Waals surface area contributed by atoms with E-state index in [1.165, 1.54) is 7.11 Å². The molecule has 0 aliphatic carbocycles. The van der Waals surface area contributed by atoms with E-state index < -0.39 is 7.12 Å². The molecule has 0 aliphatic heterocycles. The van der Waals surface area contributed by atoms with Gasteiger partial charge in [0.15, 0.2) is 0 Å². The summed E-state index contributed by atoms with van der Waals surface area (Å²) in [5, 5.41) is 17.9. The summed E-state index contributed by atoms with van der Waals surface area (Å²) in [5.41, 5.74) is 1.28. The molecule has 0 spiro atoms. The second kappa shape index (κ2) is 5.00. The Balaban J connectivity index is 2.98. The smallest absolute Gasteiger partial charge is 0.488 e. The van der Waals surface area contributed by atoms with Gasteiger partial charge in [0.25, 0.3) is 0 Å². The number of benzene rings is 1. The Morgan fingerprint density at radius 3 is 2.50 bits per heavy atom. The normalized spacial score (nSPS) is 10.0. The van der Waals surface area contributed by atoms with Crippen LogP contribution in [-0.2, 0) is 11.3 Å². The highest BCUT2D eigenvalue weighted by atomic mass is 16.5. The van der Waals surface area contributed by atoms with Crippen molar-refractivity contribution in [2.75, 3.05) is 14.2 Å². The predicted octanol–water partition coefficient (Wildman–Crippen LogP) is -0.479. The molecular weight excluding hydrogens is 183 g/mol. The minimum Gasteiger partial charge on any atom is -0.496 e. The Morgan fingerprint density at radius 2 is 2.00 bits per heavy atom. The Hall–Kier alpha value is -1.04. The maximum absolute atomic E-state index is 8.93. The molecule has 1 rings (SSSR count). The molecule has 1 aromatic rings. The van der Waals surface area contributed by atoms with E-state index in [0.717, 1.165) is 5.56 Å². The van der Waals surface area contributed by atoms with Crippen LogP contribution in [0.25, 0.3) is 0 Å². The maximum atomic E-state index is 8.93. The van der Waals surface area contributed by atoms with Crippen molar-refractivity contribution < 1.29 is 19.5 Å². The quantitative estimate of drug-likeness (QED) is 0.638. The molecule has 4 nitrogen and oxygen atoms in total. The molecule has 0 bridgehead atoms. The lowest BCUT2D eigenvalue weighted by atomic mass is 9.80. The van der Waals surface area contributed by atoms with Crippen molar-refractivity contribution in [1.29, 1.82) is 0 Å². The summed E-state index contributed by atoms with van der Waals surface area (Å²) in [7, 11) is 1.65. The number of methoxy groups -OCH3 is 2. The van der Waals surface area contributed by atoms with Crippen LogP contribution in [0.4, 0.5) is 0 Å². The first kappa shape index (κ1) is 11.0. The van der Waals surface area contributed by atoms with Gasteiger partial charge in [0.1, 0.15) is 5.75 Å². The average Bonchev–Trinajstić information content (AvgIpc) is 2.18. The van der Waals surface area contributed by atoms with Gasteiger partial charge in [-0.05, 0) is 11.5 Å². The first-order chi connectivity index (χ1) is 6.69. The summed E-state index contributed by atoms with van der Waals surface area (Å²) in [6.07, 6.45) is 0. The van der Waals surface area contributed by atoms with Gasteiger partial charge >= 0.3 is 7.12 Å². The molecule has 0 amide bonds. The van der Waals surface area contributed by atoms with Crippen LogP contribution < -0.4 is 10.2 Å². The lowest BCUT2D eigenvalue weighted by molar-refractivity contribution is 0.181. The van der Waals surface area contributed by atoms with Crippen LogP contribution in [0.15, 0.2) is 18.2 Å². The second-order valence-corrected chi connectivity index (χ2v) is 2.88. The summed E-state index contributed by atoms with van der Waals surface area (Å²) < 4.78 is 10.1. The molecular formula is C9H13BO4. The summed E-state index contributed by atoms with van der Waals surface area (Å²) >= 11 is 0. The Kier molecular flexibility index (Phi) is 3.94. The minimum absolute atomic E-state index is 0.404. The van der Waals surface area contributed by atoms with E-state index in [9.17, 15) is 0 Å². The third kappa shape index (κ3) is 2.48. The Morgan fingerprint density at radius 1 is 1.29 bits per heavy atom. The van der Waals surface area contributed by atoms with Crippen molar-refractivity contribution in [3.8, 4) is 5.75 Å². The van der Waals surface area contributed by atoms with Gasteiger partial charge in [0, 0.05) is 12.7 Å². The molecule has 0 aromatic heterocycles. The summed E-state index contributed by atoms with van der Waals surface area (Å²) in [6, 6.07) is 4.96. The molecule has 0 aliphatic rings. The molecule has 76 valence electrons. The zero-order chi connectivity index (χ0) is 10.6. The van der Waals surface area contributed by atoms with Gasteiger partial charge in [-0.1, -0.05) is 12.1 Å². The largest absolute Gasteiger partial charge is 0.496 e. The number of hydrogen-bond donors (Lipinski definition) is 2. The van der Waals surface area contributed by atoms with Crippen LogP contribution in [0.2, 0.25) is 0 Å². The maximum Gasteiger partial charge on any atom is 0.488 e. The van der Waals surface area contributed by atoms with Gasteiger partial charge in [0.05, 0.1) is 13.7 Å². The zero-order valence-corrected chi connectivity index (χ0v) is 8.23. The molecule has 0 atom stereocenters. The molecule has 0 unspecified atom stereocenters. The van der Waals surface area contributed by atoms with Gasteiger partial charge in [0.2, 0.25) is 0 Å². The standard InChI is InChI=1S/C9H13BO4/c1-13-6-7-3-4-8(10(11)12)5-9(7)14-2/h3-5,11-12H,6H2,1-2H3. The third-order valence-electron chi connectivity index (χ3n) is 1.91. The van der Waals surface area contributed by atoms with E-state index in [1.807, 2.05) is 0 Å². The van der Waals surface area contributed by atoms with Crippen LogP contribution in [-0.4, -0.2) is 31.4 Å². The average molecular weight is 196 g/mol. The monoisotopic (exact) mass is 196 g/mol. The fourth-order valence-electron chi connectivity index (χ4n) is 1.20. The first-order valence-corrected chi connectivity index (χ1v) is 4.21. The van der Waals surface area contributed by atoms with Gasteiger partial charge in [-0.2, -0.15) is 0 Å². The van der Waals surface area contributed by atoms with Crippen LogP contribution in [0.3, 0.4) is 0 Å². The molecule has 1 aromatic carbocycles. The van der Waals surface area contributed by atoms with Crippen LogP contribution >= 0.6 is 0 Å². The number of hydrogen-bond acceptors (Lipinski definition) is 4. The molecule has 2 N–H and O–H groups in total. The highest BCUT2D eigenvalue weighted by Gasteiger charge is 2.13. The highest BCUT2D eigenvalue weighted by Crippen LogP contribution is 2.16. The van der Waals surface area contributed by atoms with Crippen molar-refractivity contribution >= 4 is 12.6 Å². The Labute approximate surface area is 83.2 Å². The van der Waals surface area contributed by atoms with Gasteiger partial charge in [-0.15, -0.1) is 0 Å². The first-order valence-electron chi connectivity index (χ1n) is 4.21. The van der Waals surface area contributed by atoms with Crippen molar-refractivity contribution in [1.82, 2.24) is 0 Å². The van der Waals surface area contributed by atoms with Gasteiger partial charge < -0.3 is 19.5 Å². The van der Waals surface area contributed by atoms with E-state index in [0.29, 0.717) is 17.8 Å². The summed E-state index contributed by atoms with van der Waals surface area (Å²) in [4.78, 5) is 0. The van der Waals surface area contributed by atoms with Crippen molar-refractivity contribution in [3.63, 3.8) is 0 Å². The van der Waals surface area contributed by atoms with Crippen LogP contribution in [0.1, 0.15) is 5.56 Å². The van der Waals surface area contributed by atoms with E-state index in [1.54, 1.807) is 25.3 Å². The number of ether oxygens (including phenoxy) is 2. The second-order valence-electron chi connectivity index (χ2n) is 2.88. The van der Waals surface area contributed by atoms with Crippen molar-refractivity contribution in [2.24, 2.45) is 0 Å². The molecule has 5 heteroatoms. The molecule has 0 fully saturated rings. The van der Waals surface area contributed by atoms with E-state index in [4.69, 9.17) is 19.5 Å². The van der Waals surface area contributed by atoms with Crippen molar-refractivity contribution in [2.45, 2.75) is 6.61 Å². The molecule has 0 saturated heterocycles. The van der Waals surface area contributed by atoms with Crippen LogP contribution in [0, 0.1) is 0 Å². The van der Waals surface area contributed by atoms with Crippen molar-refractivity contribution in [3.05, 3.63) is 23.8 Å². The molecule has 0 radical (unpaired) electrons. The highest BCUT2D eigenvalue weighted by molar-refractivity contribution is 6.58. The van der Waals surface area contributed by atoms with E-state index >= 15 is 0 Å². The number of rotatable bonds is 4. The van der Waals surface area contributed by atoms with Gasteiger partial charge in [-0.25, -0.2) is 0 Å². The fourth-order valence-corrected chi connectivity index (χ4v) is 1.20. The zero-order valence-electron chi connectivity index (χ0n) is 8.23. The van der Waals surface area contributed by atoms with Gasteiger partial charge in [-0.3, -0.25) is 0 Å². The lowest BCUT2D eigenvalue weighted by Crippen LogP contribution is -2.29. The van der Waals surface area contributed by atoms with Crippen LogP contribution in [0.5, 0.6) is 5.75 Å².